The SMILES string of the molecule is Cc1c(C(=O)NCC(O)CO)cccc1[N+](=O)[O-]. The largest absolute Gasteiger partial charge is 0.394 e. The van der Waals surface area contributed by atoms with Gasteiger partial charge in [0.2, 0.25) is 0 Å². The molecule has 0 aliphatic carbocycles. The maximum Gasteiger partial charge on any atom is 0.273 e. The van der Waals surface area contributed by atoms with E-state index in [4.69, 9.17) is 10.2 Å². The summed E-state index contributed by atoms with van der Waals surface area (Å²) in [5.74, 6) is -0.524. The number of carbonyl (C=O) groups excluding carboxylic acids is 1. The van der Waals surface area contributed by atoms with E-state index in [1.165, 1.54) is 25.1 Å². The fraction of sp³-hybridized carbons (Fsp3) is 0.364. The zero-order valence-corrected chi connectivity index (χ0v) is 9.79. The molecule has 3 N–H and O–H groups in total. The van der Waals surface area contributed by atoms with Crippen molar-refractivity contribution < 1.29 is 19.9 Å². The fourth-order valence-corrected chi connectivity index (χ4v) is 1.44. The van der Waals surface area contributed by atoms with Gasteiger partial charge in [0.15, 0.2) is 0 Å². The number of carbonyl (C=O) groups is 1. The van der Waals surface area contributed by atoms with Crippen LogP contribution in [0.15, 0.2) is 18.2 Å². The molecule has 0 saturated carbocycles. The van der Waals surface area contributed by atoms with Gasteiger partial charge in [0.25, 0.3) is 11.6 Å². The quantitative estimate of drug-likeness (QED) is 0.505. The van der Waals surface area contributed by atoms with E-state index < -0.39 is 23.5 Å². The summed E-state index contributed by atoms with van der Waals surface area (Å²) in [7, 11) is 0. The van der Waals surface area contributed by atoms with Crippen LogP contribution in [0.2, 0.25) is 0 Å². The summed E-state index contributed by atoms with van der Waals surface area (Å²) < 4.78 is 0. The van der Waals surface area contributed by atoms with Crippen LogP contribution in [0.1, 0.15) is 15.9 Å². The van der Waals surface area contributed by atoms with E-state index in [9.17, 15) is 14.9 Å². The van der Waals surface area contributed by atoms with Gasteiger partial charge >= 0.3 is 0 Å². The van der Waals surface area contributed by atoms with Crippen LogP contribution in [0.3, 0.4) is 0 Å². The third-order valence-electron chi connectivity index (χ3n) is 2.46. The Morgan fingerprint density at radius 3 is 2.78 bits per heavy atom. The lowest BCUT2D eigenvalue weighted by Crippen LogP contribution is -2.34. The van der Waals surface area contributed by atoms with Gasteiger partial charge in [-0.15, -0.1) is 0 Å². The zero-order chi connectivity index (χ0) is 13.7. The van der Waals surface area contributed by atoms with Crippen LogP contribution in [0.25, 0.3) is 0 Å². The Morgan fingerprint density at radius 1 is 1.56 bits per heavy atom. The highest BCUT2D eigenvalue weighted by Crippen LogP contribution is 2.20. The number of nitrogens with one attached hydrogen (secondary N) is 1. The molecule has 7 heteroatoms. The van der Waals surface area contributed by atoms with Crippen molar-refractivity contribution >= 4 is 11.6 Å². The highest BCUT2D eigenvalue weighted by molar-refractivity contribution is 5.96. The van der Waals surface area contributed by atoms with Gasteiger partial charge < -0.3 is 15.5 Å². The van der Waals surface area contributed by atoms with Crippen molar-refractivity contribution in [1.82, 2.24) is 5.32 Å². The predicted octanol–water partition coefficient (Wildman–Crippen LogP) is -0.0138. The van der Waals surface area contributed by atoms with E-state index in [0.29, 0.717) is 0 Å². The maximum absolute atomic E-state index is 11.7. The Bertz CT molecular complexity index is 461. The number of aliphatic hydroxyl groups excluding tert-OH is 2. The molecule has 0 bridgehead atoms. The van der Waals surface area contributed by atoms with E-state index in [1.807, 2.05) is 0 Å². The highest BCUT2D eigenvalue weighted by atomic mass is 16.6. The lowest BCUT2D eigenvalue weighted by molar-refractivity contribution is -0.385. The minimum Gasteiger partial charge on any atom is -0.394 e. The molecule has 0 aliphatic heterocycles. The van der Waals surface area contributed by atoms with Gasteiger partial charge in [0, 0.05) is 23.7 Å². The Labute approximate surface area is 103 Å². The van der Waals surface area contributed by atoms with Crippen molar-refractivity contribution in [3.05, 3.63) is 39.4 Å². The Morgan fingerprint density at radius 2 is 2.22 bits per heavy atom. The van der Waals surface area contributed by atoms with Crippen molar-refractivity contribution in [2.45, 2.75) is 13.0 Å². The summed E-state index contributed by atoms with van der Waals surface area (Å²) >= 11 is 0. The Hall–Kier alpha value is -1.99. The number of nitrogens with zero attached hydrogens (tertiary/aromatic N) is 1. The molecule has 1 atom stereocenters. The first-order valence-electron chi connectivity index (χ1n) is 5.28. The van der Waals surface area contributed by atoms with Gasteiger partial charge in [0.05, 0.1) is 17.6 Å². The number of benzene rings is 1. The summed E-state index contributed by atoms with van der Waals surface area (Å²) in [6.45, 7) is 0.904. The molecule has 0 spiro atoms. The third kappa shape index (κ3) is 3.25. The molecule has 1 rings (SSSR count). The number of amides is 1. The Balaban J connectivity index is 2.86. The molecule has 98 valence electrons. The summed E-state index contributed by atoms with van der Waals surface area (Å²) in [6.07, 6.45) is -1.05. The summed E-state index contributed by atoms with van der Waals surface area (Å²) in [6, 6.07) is 4.19. The van der Waals surface area contributed by atoms with Gasteiger partial charge in [-0.1, -0.05) is 6.07 Å². The first kappa shape index (κ1) is 14.1. The number of nitro groups is 1. The summed E-state index contributed by atoms with van der Waals surface area (Å²) in [5.41, 5.74) is 0.304. The minimum atomic E-state index is -1.05. The van der Waals surface area contributed by atoms with Crippen molar-refractivity contribution in [3.8, 4) is 0 Å². The van der Waals surface area contributed by atoms with Crippen LogP contribution in [0.5, 0.6) is 0 Å². The highest BCUT2D eigenvalue weighted by Gasteiger charge is 2.18. The second-order valence-corrected chi connectivity index (χ2v) is 3.75. The molecule has 0 aliphatic rings. The maximum atomic E-state index is 11.7. The van der Waals surface area contributed by atoms with Crippen LogP contribution in [-0.4, -0.2) is 40.3 Å². The zero-order valence-electron chi connectivity index (χ0n) is 9.79. The van der Waals surface area contributed by atoms with Gasteiger partial charge in [-0.3, -0.25) is 14.9 Å². The molecule has 1 unspecified atom stereocenters. The first-order valence-corrected chi connectivity index (χ1v) is 5.28. The smallest absolute Gasteiger partial charge is 0.273 e. The van der Waals surface area contributed by atoms with Gasteiger partial charge in [-0.25, -0.2) is 0 Å². The van der Waals surface area contributed by atoms with Crippen LogP contribution < -0.4 is 5.32 Å². The number of aliphatic hydroxyl groups is 2. The summed E-state index contributed by atoms with van der Waals surface area (Å²) in [4.78, 5) is 21.9. The van der Waals surface area contributed by atoms with E-state index >= 15 is 0 Å². The van der Waals surface area contributed by atoms with Crippen LogP contribution in [0, 0.1) is 17.0 Å². The summed E-state index contributed by atoms with van der Waals surface area (Å²) in [5, 5.41) is 30.8. The normalized spacial score (nSPS) is 11.9. The number of rotatable bonds is 5. The predicted molar refractivity (Wildman–Crippen MR) is 63.3 cm³/mol. The second-order valence-electron chi connectivity index (χ2n) is 3.75. The van der Waals surface area contributed by atoms with Crippen molar-refractivity contribution in [1.29, 1.82) is 0 Å². The van der Waals surface area contributed by atoms with E-state index in [2.05, 4.69) is 5.32 Å². The van der Waals surface area contributed by atoms with Crippen molar-refractivity contribution in [2.24, 2.45) is 0 Å². The number of nitro benzene ring substituents is 1. The number of hydrogen-bond acceptors (Lipinski definition) is 5. The van der Waals surface area contributed by atoms with Crippen molar-refractivity contribution in [2.75, 3.05) is 13.2 Å². The van der Waals surface area contributed by atoms with Gasteiger partial charge in [-0.2, -0.15) is 0 Å². The average molecular weight is 254 g/mol. The van der Waals surface area contributed by atoms with Gasteiger partial charge in [0.1, 0.15) is 0 Å². The molecular weight excluding hydrogens is 240 g/mol. The molecule has 7 nitrogen and oxygen atoms in total. The standard InChI is InChI=1S/C11H14N2O5/c1-7-9(3-2-4-10(7)13(17)18)11(16)12-5-8(15)6-14/h2-4,8,14-15H,5-6H2,1H3,(H,12,16). The van der Waals surface area contributed by atoms with Crippen LogP contribution >= 0.6 is 0 Å². The fourth-order valence-electron chi connectivity index (χ4n) is 1.44. The molecule has 0 fully saturated rings. The number of hydrogen-bond donors (Lipinski definition) is 3. The molecule has 1 aromatic rings. The molecule has 18 heavy (non-hydrogen) atoms. The van der Waals surface area contributed by atoms with Crippen LogP contribution in [0.4, 0.5) is 5.69 Å². The first-order chi connectivity index (χ1) is 8.47. The topological polar surface area (TPSA) is 113 Å². The van der Waals surface area contributed by atoms with E-state index in [0.717, 1.165) is 0 Å². The molecular formula is C11H14N2O5. The van der Waals surface area contributed by atoms with E-state index in [1.54, 1.807) is 0 Å². The molecule has 0 heterocycles. The minimum absolute atomic E-state index is 0.114. The van der Waals surface area contributed by atoms with E-state index in [-0.39, 0.29) is 23.4 Å². The lowest BCUT2D eigenvalue weighted by Gasteiger charge is -2.10. The molecule has 1 aromatic carbocycles. The molecule has 0 radical (unpaired) electrons. The molecule has 1 amide bonds. The molecule has 0 saturated heterocycles. The molecule has 0 aromatic heterocycles. The Kier molecular flexibility index (Phi) is 4.75. The van der Waals surface area contributed by atoms with Gasteiger partial charge in [-0.05, 0) is 13.0 Å². The second kappa shape index (κ2) is 6.08. The average Bonchev–Trinajstić information content (AvgIpc) is 2.35. The van der Waals surface area contributed by atoms with Crippen molar-refractivity contribution in [3.63, 3.8) is 0 Å². The third-order valence-corrected chi connectivity index (χ3v) is 2.46. The van der Waals surface area contributed by atoms with Crippen LogP contribution in [-0.2, 0) is 0 Å². The lowest BCUT2D eigenvalue weighted by atomic mass is 10.1. The monoisotopic (exact) mass is 254 g/mol.